The second-order valence-corrected chi connectivity index (χ2v) is 5.93. The van der Waals surface area contributed by atoms with Crippen LogP contribution in [0.5, 0.6) is 5.75 Å². The van der Waals surface area contributed by atoms with Gasteiger partial charge in [0.2, 0.25) is 0 Å². The van der Waals surface area contributed by atoms with E-state index in [1.807, 2.05) is 37.3 Å². The first-order chi connectivity index (χ1) is 10.6. The number of aryl methyl sites for hydroxylation is 1. The number of aliphatic imine (C=N–C) groups is 1. The van der Waals surface area contributed by atoms with Crippen LogP contribution in [-0.4, -0.2) is 16.2 Å². The zero-order chi connectivity index (χ0) is 15.5. The van der Waals surface area contributed by atoms with Crippen LogP contribution in [0.15, 0.2) is 58.4 Å². The van der Waals surface area contributed by atoms with Crippen molar-refractivity contribution in [3.8, 4) is 5.75 Å². The second-order valence-electron chi connectivity index (χ2n) is 4.91. The predicted molar refractivity (Wildman–Crippen MR) is 90.5 cm³/mol. The fourth-order valence-electron chi connectivity index (χ4n) is 1.98. The molecule has 2 aromatic carbocycles. The molecule has 0 saturated carbocycles. The Hall–Kier alpha value is -2.53. The van der Waals surface area contributed by atoms with Crippen molar-refractivity contribution in [2.45, 2.75) is 6.92 Å². The van der Waals surface area contributed by atoms with Crippen molar-refractivity contribution in [2.24, 2.45) is 4.99 Å². The van der Waals surface area contributed by atoms with Crippen LogP contribution in [0, 0.1) is 6.92 Å². The number of carbonyl (C=O) groups is 1. The highest BCUT2D eigenvalue weighted by atomic mass is 32.2. The number of hydrogen-bond donors (Lipinski definition) is 2. The number of amidine groups is 1. The molecule has 2 N–H and O–H groups in total. The molecule has 22 heavy (non-hydrogen) atoms. The van der Waals surface area contributed by atoms with E-state index in [-0.39, 0.29) is 11.0 Å². The van der Waals surface area contributed by atoms with Crippen molar-refractivity contribution in [1.29, 1.82) is 0 Å². The lowest BCUT2D eigenvalue weighted by Gasteiger charge is -2.01. The number of thioether (sulfide) groups is 1. The lowest BCUT2D eigenvalue weighted by atomic mass is 10.2. The van der Waals surface area contributed by atoms with E-state index in [0.717, 1.165) is 33.5 Å². The minimum atomic E-state index is -0.143. The lowest BCUT2D eigenvalue weighted by molar-refractivity contribution is 0.265. The van der Waals surface area contributed by atoms with Crippen LogP contribution < -0.4 is 5.32 Å². The van der Waals surface area contributed by atoms with Crippen LogP contribution in [0.2, 0.25) is 0 Å². The summed E-state index contributed by atoms with van der Waals surface area (Å²) in [6.45, 7) is 2.01. The summed E-state index contributed by atoms with van der Waals surface area (Å²) in [7, 11) is 0. The zero-order valence-corrected chi connectivity index (χ0v) is 12.7. The third-order valence-corrected chi connectivity index (χ3v) is 3.94. The first kappa shape index (κ1) is 14.4. The Morgan fingerprint density at radius 2 is 1.77 bits per heavy atom. The molecule has 1 aliphatic heterocycles. The summed E-state index contributed by atoms with van der Waals surface area (Å²) in [5.41, 5.74) is 2.85. The topological polar surface area (TPSA) is 61.7 Å². The van der Waals surface area contributed by atoms with Crippen molar-refractivity contribution < 1.29 is 9.90 Å². The minimum absolute atomic E-state index is 0.143. The maximum atomic E-state index is 11.6. The minimum Gasteiger partial charge on any atom is -0.508 e. The van der Waals surface area contributed by atoms with Gasteiger partial charge in [-0.15, -0.1) is 0 Å². The van der Waals surface area contributed by atoms with Gasteiger partial charge in [0.1, 0.15) is 11.6 Å². The number of benzene rings is 2. The van der Waals surface area contributed by atoms with Gasteiger partial charge >= 0.3 is 0 Å². The fraction of sp³-hybridized carbons (Fsp3) is 0.0588. The summed E-state index contributed by atoms with van der Waals surface area (Å²) in [4.78, 5) is 16.9. The predicted octanol–water partition coefficient (Wildman–Crippen LogP) is 4.23. The number of rotatable bonds is 2. The van der Waals surface area contributed by atoms with Crippen molar-refractivity contribution in [3.05, 3.63) is 64.6 Å². The maximum absolute atomic E-state index is 11.6. The summed E-state index contributed by atoms with van der Waals surface area (Å²) in [5.74, 6) is 0.760. The molecule has 1 heterocycles. The molecule has 2 aromatic rings. The summed E-state index contributed by atoms with van der Waals surface area (Å²) in [6.07, 6.45) is 1.87. The van der Waals surface area contributed by atoms with E-state index in [4.69, 9.17) is 0 Å². The molecule has 4 nitrogen and oxygen atoms in total. The van der Waals surface area contributed by atoms with Gasteiger partial charge in [0.15, 0.2) is 0 Å². The number of nitrogens with zero attached hydrogens (tertiary/aromatic N) is 1. The average molecular weight is 310 g/mol. The monoisotopic (exact) mass is 310 g/mol. The number of amides is 1. The van der Waals surface area contributed by atoms with Crippen molar-refractivity contribution in [1.82, 2.24) is 5.32 Å². The third-order valence-electron chi connectivity index (χ3n) is 3.12. The first-order valence-electron chi connectivity index (χ1n) is 6.75. The first-order valence-corrected chi connectivity index (χ1v) is 7.57. The Balaban J connectivity index is 1.93. The molecule has 3 rings (SSSR count). The molecule has 1 fully saturated rings. The van der Waals surface area contributed by atoms with Gasteiger partial charge in [0, 0.05) is 0 Å². The van der Waals surface area contributed by atoms with E-state index < -0.39 is 0 Å². The van der Waals surface area contributed by atoms with E-state index in [2.05, 4.69) is 10.3 Å². The van der Waals surface area contributed by atoms with E-state index in [1.54, 1.807) is 24.3 Å². The van der Waals surface area contributed by atoms with Gasteiger partial charge in [-0.2, -0.15) is 0 Å². The average Bonchev–Trinajstić information content (AvgIpc) is 2.83. The number of aromatic hydroxyl groups is 1. The van der Waals surface area contributed by atoms with Gasteiger partial charge in [-0.05, 0) is 54.6 Å². The van der Waals surface area contributed by atoms with Gasteiger partial charge < -0.3 is 10.4 Å². The maximum Gasteiger partial charge on any atom is 0.289 e. The van der Waals surface area contributed by atoms with Crippen LogP contribution in [0.1, 0.15) is 11.1 Å². The van der Waals surface area contributed by atoms with Crippen LogP contribution in [-0.2, 0) is 0 Å². The van der Waals surface area contributed by atoms with Gasteiger partial charge in [0.05, 0.1) is 10.6 Å². The highest BCUT2D eigenvalue weighted by Crippen LogP contribution is 2.28. The molecular weight excluding hydrogens is 296 g/mol. The molecule has 1 amide bonds. The quantitative estimate of drug-likeness (QED) is 0.872. The SMILES string of the molecule is Cc1ccc(N=C2NC(=O)SC2=Cc2ccc(O)cc2)cc1. The highest BCUT2D eigenvalue weighted by molar-refractivity contribution is 8.18. The largest absolute Gasteiger partial charge is 0.508 e. The van der Waals surface area contributed by atoms with Crippen molar-refractivity contribution in [3.63, 3.8) is 0 Å². The normalized spacial score (nSPS) is 18.0. The van der Waals surface area contributed by atoms with Gasteiger partial charge in [-0.3, -0.25) is 4.79 Å². The van der Waals surface area contributed by atoms with Crippen molar-refractivity contribution >= 4 is 34.6 Å². The smallest absolute Gasteiger partial charge is 0.289 e. The molecule has 0 aromatic heterocycles. The highest BCUT2D eigenvalue weighted by Gasteiger charge is 2.23. The molecule has 0 unspecified atom stereocenters. The zero-order valence-electron chi connectivity index (χ0n) is 11.9. The molecule has 5 heteroatoms. The van der Waals surface area contributed by atoms with Crippen LogP contribution in [0.4, 0.5) is 10.5 Å². The molecule has 0 spiro atoms. The Kier molecular flexibility index (Phi) is 3.98. The van der Waals surface area contributed by atoms with Gasteiger partial charge in [-0.1, -0.05) is 29.8 Å². The summed E-state index contributed by atoms with van der Waals surface area (Å²) < 4.78 is 0. The Morgan fingerprint density at radius 3 is 2.45 bits per heavy atom. The lowest BCUT2D eigenvalue weighted by Crippen LogP contribution is -2.18. The number of nitrogens with one attached hydrogen (secondary N) is 1. The Bertz CT molecular complexity index is 697. The van der Waals surface area contributed by atoms with E-state index in [0.29, 0.717) is 5.84 Å². The summed E-state index contributed by atoms with van der Waals surface area (Å²) in [5, 5.41) is 11.9. The fourth-order valence-corrected chi connectivity index (χ4v) is 2.72. The molecule has 0 aliphatic carbocycles. The molecular formula is C17H14N2O2S. The standard InChI is InChI=1S/C17H14N2O2S/c1-11-2-6-13(7-3-11)18-16-15(22-17(21)19-16)10-12-4-8-14(20)9-5-12/h2-10,20H,1H3,(H,18,19,21). The molecule has 0 atom stereocenters. The molecule has 1 saturated heterocycles. The van der Waals surface area contributed by atoms with Gasteiger partial charge in [0.25, 0.3) is 5.24 Å². The molecule has 110 valence electrons. The summed E-state index contributed by atoms with van der Waals surface area (Å²) >= 11 is 1.11. The Labute approximate surface area is 132 Å². The van der Waals surface area contributed by atoms with E-state index in [1.165, 1.54) is 0 Å². The Morgan fingerprint density at radius 1 is 1.09 bits per heavy atom. The third kappa shape index (κ3) is 3.38. The van der Waals surface area contributed by atoms with E-state index in [9.17, 15) is 9.90 Å². The number of phenols is 1. The van der Waals surface area contributed by atoms with Crippen LogP contribution in [0.3, 0.4) is 0 Å². The molecule has 1 aliphatic rings. The molecule has 0 radical (unpaired) electrons. The number of phenolic OH excluding ortho intramolecular Hbond substituents is 1. The van der Waals surface area contributed by atoms with Crippen LogP contribution >= 0.6 is 11.8 Å². The van der Waals surface area contributed by atoms with Crippen molar-refractivity contribution in [2.75, 3.05) is 0 Å². The second kappa shape index (κ2) is 6.07. The van der Waals surface area contributed by atoms with Gasteiger partial charge in [-0.25, -0.2) is 4.99 Å². The molecule has 0 bridgehead atoms. The number of hydrogen-bond acceptors (Lipinski definition) is 4. The van der Waals surface area contributed by atoms with E-state index >= 15 is 0 Å². The number of carbonyl (C=O) groups excluding carboxylic acids is 1. The summed E-state index contributed by atoms with van der Waals surface area (Å²) in [6, 6.07) is 14.6. The van der Waals surface area contributed by atoms with Crippen LogP contribution in [0.25, 0.3) is 6.08 Å².